The molecule has 1 aliphatic heterocycles. The Bertz CT molecular complexity index is 297. The van der Waals surface area contributed by atoms with Crippen LogP contribution in [0.25, 0.3) is 0 Å². The number of rotatable bonds is 9. The Kier molecular flexibility index (Phi) is 8.88. The number of methoxy groups -OCH3 is 1. The van der Waals surface area contributed by atoms with Crippen molar-refractivity contribution < 1.29 is 9.53 Å². The highest BCUT2D eigenvalue weighted by Crippen LogP contribution is 2.21. The highest BCUT2D eigenvalue weighted by atomic mass is 16.5. The molecule has 1 rings (SSSR count). The SMILES string of the molecule is COC(=O)CCC1CC(NCCC(C)C)CN(CCN)C1. The summed E-state index contributed by atoms with van der Waals surface area (Å²) in [6.07, 6.45) is 3.79. The first kappa shape index (κ1) is 18.4. The molecule has 0 radical (unpaired) electrons. The van der Waals surface area contributed by atoms with E-state index in [9.17, 15) is 4.79 Å². The lowest BCUT2D eigenvalue weighted by atomic mass is 9.90. The van der Waals surface area contributed by atoms with Crippen LogP contribution in [0, 0.1) is 11.8 Å². The largest absolute Gasteiger partial charge is 0.469 e. The zero-order valence-corrected chi connectivity index (χ0v) is 13.9. The Morgan fingerprint density at radius 3 is 2.81 bits per heavy atom. The van der Waals surface area contributed by atoms with Crippen molar-refractivity contribution in [2.45, 2.75) is 45.6 Å². The van der Waals surface area contributed by atoms with Crippen LogP contribution in [0.3, 0.4) is 0 Å². The number of hydrogen-bond acceptors (Lipinski definition) is 5. The van der Waals surface area contributed by atoms with Crippen LogP contribution in [-0.2, 0) is 9.53 Å². The first-order valence-corrected chi connectivity index (χ1v) is 8.27. The summed E-state index contributed by atoms with van der Waals surface area (Å²) in [5.74, 6) is 1.19. The third-order valence-electron chi connectivity index (χ3n) is 4.20. The predicted molar refractivity (Wildman–Crippen MR) is 86.1 cm³/mol. The fourth-order valence-corrected chi connectivity index (χ4v) is 3.03. The Morgan fingerprint density at radius 1 is 1.43 bits per heavy atom. The first-order valence-electron chi connectivity index (χ1n) is 8.27. The van der Waals surface area contributed by atoms with Crippen LogP contribution in [-0.4, -0.2) is 56.7 Å². The van der Waals surface area contributed by atoms with E-state index in [1.165, 1.54) is 13.5 Å². The third-order valence-corrected chi connectivity index (χ3v) is 4.20. The predicted octanol–water partition coefficient (Wildman–Crippen LogP) is 1.22. The van der Waals surface area contributed by atoms with Crippen LogP contribution in [0.4, 0.5) is 0 Å². The molecule has 2 unspecified atom stereocenters. The normalized spacial score (nSPS) is 23.5. The lowest BCUT2D eigenvalue weighted by molar-refractivity contribution is -0.141. The molecule has 0 bridgehead atoms. The average molecular weight is 299 g/mol. The van der Waals surface area contributed by atoms with Crippen molar-refractivity contribution in [2.24, 2.45) is 17.6 Å². The molecule has 0 saturated carbocycles. The van der Waals surface area contributed by atoms with Crippen molar-refractivity contribution in [1.82, 2.24) is 10.2 Å². The number of nitrogens with zero attached hydrogens (tertiary/aromatic N) is 1. The number of hydrogen-bond donors (Lipinski definition) is 2. The van der Waals surface area contributed by atoms with Gasteiger partial charge in [-0.2, -0.15) is 0 Å². The van der Waals surface area contributed by atoms with Gasteiger partial charge in [0, 0.05) is 38.6 Å². The molecule has 0 aromatic carbocycles. The molecular formula is C16H33N3O2. The van der Waals surface area contributed by atoms with E-state index in [0.717, 1.165) is 44.9 Å². The summed E-state index contributed by atoms with van der Waals surface area (Å²) in [6.45, 7) is 9.34. The summed E-state index contributed by atoms with van der Waals surface area (Å²) in [4.78, 5) is 13.7. The molecule has 3 N–H and O–H groups in total. The van der Waals surface area contributed by atoms with Crippen LogP contribution in [0.15, 0.2) is 0 Å². The average Bonchev–Trinajstić information content (AvgIpc) is 2.44. The summed E-state index contributed by atoms with van der Waals surface area (Å²) in [6, 6.07) is 0.520. The minimum Gasteiger partial charge on any atom is -0.469 e. The van der Waals surface area contributed by atoms with E-state index >= 15 is 0 Å². The Labute approximate surface area is 129 Å². The first-order chi connectivity index (χ1) is 10.0. The van der Waals surface area contributed by atoms with E-state index in [1.54, 1.807) is 0 Å². The van der Waals surface area contributed by atoms with Crippen molar-refractivity contribution >= 4 is 5.97 Å². The number of ether oxygens (including phenoxy) is 1. The van der Waals surface area contributed by atoms with Gasteiger partial charge < -0.3 is 20.7 Å². The topological polar surface area (TPSA) is 67.6 Å². The summed E-state index contributed by atoms with van der Waals surface area (Å²) in [7, 11) is 1.46. The molecule has 0 spiro atoms. The Balaban J connectivity index is 2.41. The van der Waals surface area contributed by atoms with Gasteiger partial charge in [0.2, 0.25) is 0 Å². The summed E-state index contributed by atoms with van der Waals surface area (Å²) in [5, 5.41) is 3.67. The van der Waals surface area contributed by atoms with Gasteiger partial charge in [0.05, 0.1) is 7.11 Å². The fraction of sp³-hybridized carbons (Fsp3) is 0.938. The van der Waals surface area contributed by atoms with Crippen molar-refractivity contribution in [1.29, 1.82) is 0 Å². The van der Waals surface area contributed by atoms with Gasteiger partial charge in [-0.1, -0.05) is 13.8 Å². The molecule has 2 atom stereocenters. The lowest BCUT2D eigenvalue weighted by Gasteiger charge is -2.38. The maximum absolute atomic E-state index is 11.3. The monoisotopic (exact) mass is 299 g/mol. The van der Waals surface area contributed by atoms with Crippen molar-refractivity contribution in [3.63, 3.8) is 0 Å². The Morgan fingerprint density at radius 2 is 2.19 bits per heavy atom. The second kappa shape index (κ2) is 10.1. The van der Waals surface area contributed by atoms with Crippen LogP contribution in [0.2, 0.25) is 0 Å². The smallest absolute Gasteiger partial charge is 0.305 e. The van der Waals surface area contributed by atoms with Gasteiger partial charge in [0.1, 0.15) is 0 Å². The summed E-state index contributed by atoms with van der Waals surface area (Å²) in [5.41, 5.74) is 5.70. The number of carbonyl (C=O) groups excluding carboxylic acids is 1. The standard InChI is InChI=1S/C16H33N3O2/c1-13(2)6-8-18-15-10-14(4-5-16(20)21-3)11-19(12-15)9-7-17/h13-15,18H,4-12,17H2,1-3H3. The van der Waals surface area contributed by atoms with Crippen molar-refractivity contribution in [3.8, 4) is 0 Å². The van der Waals surface area contributed by atoms with Gasteiger partial charge in [-0.3, -0.25) is 4.79 Å². The van der Waals surface area contributed by atoms with Crippen LogP contribution in [0.1, 0.15) is 39.5 Å². The molecule has 1 aliphatic rings. The zero-order chi connectivity index (χ0) is 15.7. The summed E-state index contributed by atoms with van der Waals surface area (Å²) >= 11 is 0. The van der Waals surface area contributed by atoms with Gasteiger partial charge >= 0.3 is 5.97 Å². The number of carbonyl (C=O) groups is 1. The minimum atomic E-state index is -0.102. The van der Waals surface area contributed by atoms with E-state index in [2.05, 4.69) is 24.1 Å². The van der Waals surface area contributed by atoms with Gasteiger partial charge in [0.15, 0.2) is 0 Å². The van der Waals surface area contributed by atoms with Gasteiger partial charge in [-0.15, -0.1) is 0 Å². The second-order valence-electron chi connectivity index (χ2n) is 6.60. The van der Waals surface area contributed by atoms with Crippen LogP contribution >= 0.6 is 0 Å². The maximum atomic E-state index is 11.3. The van der Waals surface area contributed by atoms with E-state index in [0.29, 0.717) is 24.9 Å². The minimum absolute atomic E-state index is 0.102. The van der Waals surface area contributed by atoms with E-state index in [1.807, 2.05) is 0 Å². The van der Waals surface area contributed by atoms with Crippen molar-refractivity contribution in [3.05, 3.63) is 0 Å². The molecule has 0 aliphatic carbocycles. The fourth-order valence-electron chi connectivity index (χ4n) is 3.03. The molecule has 0 aromatic rings. The maximum Gasteiger partial charge on any atom is 0.305 e. The Hall–Kier alpha value is -0.650. The molecule has 0 aromatic heterocycles. The number of esters is 1. The molecule has 1 fully saturated rings. The molecule has 1 saturated heterocycles. The molecular weight excluding hydrogens is 266 g/mol. The van der Waals surface area contributed by atoms with E-state index in [-0.39, 0.29) is 5.97 Å². The number of piperidine rings is 1. The third kappa shape index (κ3) is 7.79. The van der Waals surface area contributed by atoms with Gasteiger partial charge in [0.25, 0.3) is 0 Å². The quantitative estimate of drug-likeness (QED) is 0.627. The highest BCUT2D eigenvalue weighted by Gasteiger charge is 2.26. The van der Waals surface area contributed by atoms with E-state index in [4.69, 9.17) is 10.5 Å². The molecule has 124 valence electrons. The van der Waals surface area contributed by atoms with Crippen LogP contribution < -0.4 is 11.1 Å². The second-order valence-corrected chi connectivity index (χ2v) is 6.60. The number of likely N-dealkylation sites (tertiary alicyclic amines) is 1. The van der Waals surface area contributed by atoms with Gasteiger partial charge in [-0.25, -0.2) is 0 Å². The molecule has 0 amide bonds. The van der Waals surface area contributed by atoms with Gasteiger partial charge in [-0.05, 0) is 37.6 Å². The zero-order valence-electron chi connectivity index (χ0n) is 13.9. The summed E-state index contributed by atoms with van der Waals surface area (Å²) < 4.78 is 4.75. The molecule has 5 nitrogen and oxygen atoms in total. The molecule has 5 heteroatoms. The lowest BCUT2D eigenvalue weighted by Crippen LogP contribution is -2.50. The molecule has 21 heavy (non-hydrogen) atoms. The number of nitrogens with two attached hydrogens (primary N) is 1. The molecule has 1 heterocycles. The van der Waals surface area contributed by atoms with Crippen LogP contribution in [0.5, 0.6) is 0 Å². The number of nitrogens with one attached hydrogen (secondary N) is 1. The highest BCUT2D eigenvalue weighted by molar-refractivity contribution is 5.69. The van der Waals surface area contributed by atoms with E-state index < -0.39 is 0 Å². The van der Waals surface area contributed by atoms with Crippen molar-refractivity contribution in [2.75, 3.05) is 39.8 Å².